The van der Waals surface area contributed by atoms with Gasteiger partial charge in [0, 0.05) is 18.0 Å². The van der Waals surface area contributed by atoms with Gasteiger partial charge in [-0.1, -0.05) is 12.1 Å². The van der Waals surface area contributed by atoms with Gasteiger partial charge in [0.05, 0.1) is 28.8 Å². The summed E-state index contributed by atoms with van der Waals surface area (Å²) in [6.07, 6.45) is 0. The number of rotatable bonds is 2. The lowest BCUT2D eigenvalue weighted by Crippen LogP contribution is -2.19. The molecule has 0 fully saturated rings. The molecule has 2 aromatic carbocycles. The zero-order valence-electron chi connectivity index (χ0n) is 13.3. The second kappa shape index (κ2) is 5.91. The third-order valence-corrected chi connectivity index (χ3v) is 4.08. The first kappa shape index (κ1) is 15.3. The van der Waals surface area contributed by atoms with Crippen LogP contribution in [0.1, 0.15) is 27.2 Å². The molecule has 0 aliphatic rings. The van der Waals surface area contributed by atoms with Crippen LogP contribution in [0.25, 0.3) is 22.0 Å². The van der Waals surface area contributed by atoms with E-state index in [2.05, 4.69) is 22.4 Å². The molecule has 0 saturated heterocycles. The second-order valence-corrected chi connectivity index (χ2v) is 5.45. The van der Waals surface area contributed by atoms with E-state index in [-0.39, 0.29) is 5.91 Å². The molecule has 0 bridgehead atoms. The number of hydrogen-bond acceptors (Lipinski definition) is 3. The molecule has 0 saturated carbocycles. The molecule has 3 rings (SSSR count). The number of aromatic nitrogens is 1. The Morgan fingerprint density at radius 3 is 2.33 bits per heavy atom. The molecule has 0 unspecified atom stereocenters. The number of nitrogens with zero attached hydrogens (tertiary/aromatic N) is 2. The minimum absolute atomic E-state index is 0.201. The van der Waals surface area contributed by atoms with Crippen LogP contribution in [0.15, 0.2) is 36.4 Å². The Kier molecular flexibility index (Phi) is 3.77. The molecule has 24 heavy (non-hydrogen) atoms. The lowest BCUT2D eigenvalue weighted by Gasteiger charge is -2.05. The predicted molar refractivity (Wildman–Crippen MR) is 91.3 cm³/mol. The summed E-state index contributed by atoms with van der Waals surface area (Å²) in [6, 6.07) is 15.0. The van der Waals surface area contributed by atoms with Crippen molar-refractivity contribution in [3.05, 3.63) is 58.8 Å². The number of carbonyl (C=O) groups is 1. The van der Waals surface area contributed by atoms with Gasteiger partial charge in [-0.2, -0.15) is 10.5 Å². The van der Waals surface area contributed by atoms with Crippen LogP contribution in [0.2, 0.25) is 0 Å². The summed E-state index contributed by atoms with van der Waals surface area (Å²) in [5.74, 6) is -0.201. The first-order valence-corrected chi connectivity index (χ1v) is 7.38. The number of carbonyl (C=O) groups excluding carboxylic acids is 1. The zero-order chi connectivity index (χ0) is 17.3. The van der Waals surface area contributed by atoms with Crippen LogP contribution >= 0.6 is 0 Å². The molecule has 1 aromatic heterocycles. The Hall–Kier alpha value is -3.57. The highest BCUT2D eigenvalue weighted by molar-refractivity contribution is 6.05. The number of aryl methyl sites for hydroxylation is 1. The van der Waals surface area contributed by atoms with Gasteiger partial charge in [-0.25, -0.2) is 0 Å². The number of hydrogen-bond donors (Lipinski definition) is 2. The molecule has 3 aromatic rings. The summed E-state index contributed by atoms with van der Waals surface area (Å²) < 4.78 is 0. The van der Waals surface area contributed by atoms with E-state index in [9.17, 15) is 10.1 Å². The maximum absolute atomic E-state index is 12.0. The summed E-state index contributed by atoms with van der Waals surface area (Å²) in [4.78, 5) is 15.2. The van der Waals surface area contributed by atoms with Gasteiger partial charge in [-0.15, -0.1) is 0 Å². The van der Waals surface area contributed by atoms with Crippen molar-refractivity contribution in [2.75, 3.05) is 7.05 Å². The first-order valence-electron chi connectivity index (χ1n) is 7.38. The number of benzene rings is 2. The van der Waals surface area contributed by atoms with Gasteiger partial charge in [0.2, 0.25) is 0 Å². The Balaban J connectivity index is 2.32. The average Bonchev–Trinajstić information content (AvgIpc) is 2.97. The lowest BCUT2D eigenvalue weighted by atomic mass is 9.98. The highest BCUT2D eigenvalue weighted by Crippen LogP contribution is 2.33. The van der Waals surface area contributed by atoms with Gasteiger partial charge >= 0.3 is 0 Å². The van der Waals surface area contributed by atoms with Gasteiger partial charge in [0.1, 0.15) is 5.69 Å². The molecule has 2 N–H and O–H groups in total. The van der Waals surface area contributed by atoms with Crippen molar-refractivity contribution in [1.29, 1.82) is 10.5 Å². The molecule has 5 nitrogen and oxygen atoms in total. The van der Waals surface area contributed by atoms with Crippen LogP contribution in [-0.2, 0) is 0 Å². The van der Waals surface area contributed by atoms with Crippen LogP contribution in [0.4, 0.5) is 0 Å². The standard InChI is InChI=1S/C19H14N4O/c1-11-15-7-13(10-21)8-16(14-5-3-12(9-20)4-6-14)18(15)23-17(11)19(24)22-2/h3-8,23H,1-2H3,(H,22,24). The van der Waals surface area contributed by atoms with Gasteiger partial charge in [0.25, 0.3) is 5.91 Å². The Bertz CT molecular complexity index is 1030. The number of fused-ring (bicyclic) bond motifs is 1. The smallest absolute Gasteiger partial charge is 0.267 e. The number of nitrogens with one attached hydrogen (secondary N) is 2. The van der Waals surface area contributed by atoms with Crippen LogP contribution in [0.3, 0.4) is 0 Å². The van der Waals surface area contributed by atoms with Gasteiger partial charge in [0.15, 0.2) is 0 Å². The van der Waals surface area contributed by atoms with E-state index < -0.39 is 0 Å². The molecule has 1 heterocycles. The van der Waals surface area contributed by atoms with Gasteiger partial charge in [-0.3, -0.25) is 4.79 Å². The second-order valence-electron chi connectivity index (χ2n) is 5.45. The predicted octanol–water partition coefficient (Wildman–Crippen LogP) is 3.25. The minimum Gasteiger partial charge on any atom is -0.354 e. The fourth-order valence-electron chi connectivity index (χ4n) is 2.79. The summed E-state index contributed by atoms with van der Waals surface area (Å²) in [6.45, 7) is 1.85. The molecule has 1 amide bonds. The van der Waals surface area contributed by atoms with Crippen molar-refractivity contribution in [3.63, 3.8) is 0 Å². The summed E-state index contributed by atoms with van der Waals surface area (Å²) in [5, 5.41) is 21.7. The quantitative estimate of drug-likeness (QED) is 0.760. The number of nitriles is 2. The zero-order valence-corrected chi connectivity index (χ0v) is 13.3. The van der Waals surface area contributed by atoms with Crippen LogP contribution in [0, 0.1) is 29.6 Å². The molecular weight excluding hydrogens is 300 g/mol. The van der Waals surface area contributed by atoms with Gasteiger partial charge in [-0.05, 0) is 42.3 Å². The van der Waals surface area contributed by atoms with E-state index >= 15 is 0 Å². The SMILES string of the molecule is CNC(=O)c1[nH]c2c(-c3ccc(C#N)cc3)cc(C#N)cc2c1C. The normalized spacial score (nSPS) is 10.2. The minimum atomic E-state index is -0.201. The topological polar surface area (TPSA) is 92.5 Å². The highest BCUT2D eigenvalue weighted by atomic mass is 16.1. The molecule has 116 valence electrons. The molecule has 0 spiro atoms. The fourth-order valence-corrected chi connectivity index (χ4v) is 2.79. The van der Waals surface area contributed by atoms with Crippen molar-refractivity contribution in [2.45, 2.75) is 6.92 Å². The maximum atomic E-state index is 12.0. The summed E-state index contributed by atoms with van der Waals surface area (Å²) in [5.41, 5.74) is 4.88. The van der Waals surface area contributed by atoms with Crippen molar-refractivity contribution in [1.82, 2.24) is 10.3 Å². The van der Waals surface area contributed by atoms with Crippen LogP contribution in [0.5, 0.6) is 0 Å². The van der Waals surface area contributed by atoms with E-state index in [1.807, 2.05) is 19.1 Å². The average molecular weight is 314 g/mol. The molecule has 0 aliphatic heterocycles. The fraction of sp³-hybridized carbons (Fsp3) is 0.105. The number of aromatic amines is 1. The Labute approximate surface area is 139 Å². The van der Waals surface area contributed by atoms with E-state index in [0.29, 0.717) is 16.8 Å². The largest absolute Gasteiger partial charge is 0.354 e. The van der Waals surface area contributed by atoms with Crippen LogP contribution in [-0.4, -0.2) is 17.9 Å². The molecule has 0 radical (unpaired) electrons. The van der Waals surface area contributed by atoms with Crippen molar-refractivity contribution in [2.24, 2.45) is 0 Å². The van der Waals surface area contributed by atoms with Crippen LogP contribution < -0.4 is 5.32 Å². The van der Waals surface area contributed by atoms with E-state index in [4.69, 9.17) is 5.26 Å². The van der Waals surface area contributed by atoms with Gasteiger partial charge < -0.3 is 10.3 Å². The van der Waals surface area contributed by atoms with Crippen molar-refractivity contribution in [3.8, 4) is 23.3 Å². The molecular formula is C19H14N4O. The third kappa shape index (κ3) is 2.39. The first-order chi connectivity index (χ1) is 11.6. The molecule has 0 atom stereocenters. The molecule has 5 heteroatoms. The van der Waals surface area contributed by atoms with E-state index in [0.717, 1.165) is 27.6 Å². The summed E-state index contributed by atoms with van der Waals surface area (Å²) >= 11 is 0. The highest BCUT2D eigenvalue weighted by Gasteiger charge is 2.17. The Morgan fingerprint density at radius 1 is 1.08 bits per heavy atom. The molecule has 0 aliphatic carbocycles. The van der Waals surface area contributed by atoms with E-state index in [1.165, 1.54) is 0 Å². The maximum Gasteiger partial charge on any atom is 0.267 e. The van der Waals surface area contributed by atoms with Crippen molar-refractivity contribution < 1.29 is 4.79 Å². The Morgan fingerprint density at radius 2 is 1.75 bits per heavy atom. The summed E-state index contributed by atoms with van der Waals surface area (Å²) in [7, 11) is 1.58. The number of amides is 1. The van der Waals surface area contributed by atoms with Crippen molar-refractivity contribution >= 4 is 16.8 Å². The monoisotopic (exact) mass is 314 g/mol. The number of H-pyrrole nitrogens is 1. The third-order valence-electron chi connectivity index (χ3n) is 4.08. The van der Waals surface area contributed by atoms with E-state index in [1.54, 1.807) is 31.3 Å². The lowest BCUT2D eigenvalue weighted by molar-refractivity contribution is 0.0958.